The third-order valence-corrected chi connectivity index (χ3v) is 10.5. The van der Waals surface area contributed by atoms with Crippen molar-refractivity contribution >= 4 is 45.5 Å². The van der Waals surface area contributed by atoms with Crippen LogP contribution in [0.4, 0.5) is 0 Å². The second-order valence-electron chi connectivity index (χ2n) is 11.0. The van der Waals surface area contributed by atoms with Gasteiger partial charge < -0.3 is 10.1 Å². The minimum atomic E-state index is -1.65. The lowest BCUT2D eigenvalue weighted by Gasteiger charge is -2.49. The van der Waals surface area contributed by atoms with Crippen molar-refractivity contribution in [1.82, 2.24) is 20.2 Å². The summed E-state index contributed by atoms with van der Waals surface area (Å²) in [7, 11) is -1.65. The van der Waals surface area contributed by atoms with Gasteiger partial charge in [-0.15, -0.1) is 11.3 Å². The number of thiazole rings is 1. The van der Waals surface area contributed by atoms with E-state index >= 15 is 0 Å². The number of amides is 2. The molecular weight excluding hydrogens is 633 g/mol. The van der Waals surface area contributed by atoms with Crippen molar-refractivity contribution in [2.24, 2.45) is 0 Å². The van der Waals surface area contributed by atoms with E-state index in [1.54, 1.807) is 17.8 Å². The summed E-state index contributed by atoms with van der Waals surface area (Å²) < 4.78 is 20.0. The molecule has 0 radical (unpaired) electrons. The van der Waals surface area contributed by atoms with Gasteiger partial charge in [-0.05, 0) is 28.8 Å². The summed E-state index contributed by atoms with van der Waals surface area (Å²) in [6, 6.07) is 30.4. The lowest BCUT2D eigenvalue weighted by atomic mass is 10.00. The van der Waals surface area contributed by atoms with Crippen molar-refractivity contribution in [1.29, 1.82) is 0 Å². The van der Waals surface area contributed by atoms with Crippen molar-refractivity contribution in [2.75, 3.05) is 5.75 Å². The Labute approximate surface area is 277 Å². The highest BCUT2D eigenvalue weighted by atomic mass is 32.2. The van der Waals surface area contributed by atoms with Crippen LogP contribution < -0.4 is 5.32 Å². The van der Waals surface area contributed by atoms with Gasteiger partial charge in [0.15, 0.2) is 6.10 Å². The van der Waals surface area contributed by atoms with Crippen molar-refractivity contribution in [2.45, 2.75) is 23.9 Å². The number of carbonyl (C=O) groups excluding carboxylic acids is 3. The van der Waals surface area contributed by atoms with E-state index in [4.69, 9.17) is 9.72 Å². The Balaban J connectivity index is 1.25. The first-order chi connectivity index (χ1) is 23.0. The van der Waals surface area contributed by atoms with Gasteiger partial charge in [-0.2, -0.15) is 0 Å². The SMILES string of the molecule is O=C(Cc1ccccc1)NC1C(=O)N2C(C(=O)OC(c3ccccc3)c3ccccc3)=C(c3csc(-c4ccncc4)n3)CS(=O)[C@H]12. The molecule has 234 valence electrons. The van der Waals surface area contributed by atoms with Gasteiger partial charge in [-0.25, -0.2) is 9.78 Å². The van der Waals surface area contributed by atoms with E-state index in [2.05, 4.69) is 10.3 Å². The molecule has 1 fully saturated rings. The van der Waals surface area contributed by atoms with Crippen LogP contribution in [0, 0.1) is 0 Å². The predicted molar refractivity (Wildman–Crippen MR) is 179 cm³/mol. The summed E-state index contributed by atoms with van der Waals surface area (Å²) in [6.07, 6.45) is 2.62. The first-order valence-corrected chi connectivity index (χ1v) is 17.2. The number of β-lactam (4-membered cyclic amide) rings is 1. The van der Waals surface area contributed by atoms with E-state index in [9.17, 15) is 18.6 Å². The molecule has 2 aliphatic rings. The molecule has 3 atom stereocenters. The third-order valence-electron chi connectivity index (χ3n) is 8.01. The van der Waals surface area contributed by atoms with Crippen LogP contribution in [0.5, 0.6) is 0 Å². The average Bonchev–Trinajstić information content (AvgIpc) is 3.61. The number of esters is 1. The monoisotopic (exact) mass is 660 g/mol. The Morgan fingerprint density at radius 3 is 2.17 bits per heavy atom. The Kier molecular flexibility index (Phi) is 8.56. The van der Waals surface area contributed by atoms with E-state index in [0.29, 0.717) is 16.3 Å². The summed E-state index contributed by atoms with van der Waals surface area (Å²) in [6.45, 7) is 0. The van der Waals surface area contributed by atoms with Crippen LogP contribution >= 0.6 is 11.3 Å². The first-order valence-electron chi connectivity index (χ1n) is 14.9. The summed E-state index contributed by atoms with van der Waals surface area (Å²) >= 11 is 1.37. The van der Waals surface area contributed by atoms with Crippen LogP contribution in [-0.4, -0.2) is 54.0 Å². The van der Waals surface area contributed by atoms with Crippen molar-refractivity contribution in [3.63, 3.8) is 0 Å². The van der Waals surface area contributed by atoms with E-state index in [1.165, 1.54) is 16.2 Å². The maximum absolute atomic E-state index is 14.3. The maximum Gasteiger partial charge on any atom is 0.356 e. The van der Waals surface area contributed by atoms with E-state index in [-0.39, 0.29) is 23.8 Å². The fraction of sp³-hybridized carbons (Fsp3) is 0.139. The Hall–Kier alpha value is -5.26. The summed E-state index contributed by atoms with van der Waals surface area (Å²) in [5, 5.41) is 4.29. The van der Waals surface area contributed by atoms with Crippen molar-refractivity contribution in [3.05, 3.63) is 149 Å². The molecule has 0 spiro atoms. The molecule has 2 unspecified atom stereocenters. The average molecular weight is 661 g/mol. The summed E-state index contributed by atoms with van der Waals surface area (Å²) in [5.41, 5.74) is 3.89. The molecule has 4 heterocycles. The fourth-order valence-electron chi connectivity index (χ4n) is 5.75. The molecule has 47 heavy (non-hydrogen) atoms. The van der Waals surface area contributed by atoms with Gasteiger partial charge in [-0.3, -0.25) is 23.7 Å². The molecule has 0 aliphatic carbocycles. The van der Waals surface area contributed by atoms with Crippen molar-refractivity contribution in [3.8, 4) is 10.6 Å². The van der Waals surface area contributed by atoms with Crippen LogP contribution in [0.3, 0.4) is 0 Å². The van der Waals surface area contributed by atoms with Crippen LogP contribution in [0.1, 0.15) is 28.5 Å². The van der Waals surface area contributed by atoms with Gasteiger partial charge in [0.05, 0.1) is 28.7 Å². The molecule has 7 rings (SSSR count). The largest absolute Gasteiger partial charge is 0.448 e. The normalized spacial score (nSPS) is 18.8. The molecule has 1 N–H and O–H groups in total. The standard InChI is InChI=1S/C36H28N4O5S2/c41-29(20-23-10-4-1-5-11-23)39-30-34(42)40-31(36(43)45-32(24-12-6-2-7-13-24)25-14-8-3-9-15-25)27(22-47(44)35(30)40)28-21-46-33(38-28)26-16-18-37-19-17-26/h1-19,21,30,32,35H,20,22H2,(H,39,41)/t30?,35-,47?/m1/s1. The quantitative estimate of drug-likeness (QED) is 0.176. The van der Waals surface area contributed by atoms with Gasteiger partial charge in [0.1, 0.15) is 22.1 Å². The summed E-state index contributed by atoms with van der Waals surface area (Å²) in [4.78, 5) is 51.1. The number of ether oxygens (including phenoxy) is 1. The number of hydrogen-bond acceptors (Lipinski definition) is 8. The third kappa shape index (κ3) is 6.15. The molecule has 2 amide bonds. The van der Waals surface area contributed by atoms with Gasteiger partial charge in [0.2, 0.25) is 5.91 Å². The minimum Gasteiger partial charge on any atom is -0.448 e. The molecule has 11 heteroatoms. The highest BCUT2D eigenvalue weighted by molar-refractivity contribution is 7.86. The molecule has 9 nitrogen and oxygen atoms in total. The number of benzene rings is 3. The Morgan fingerprint density at radius 1 is 0.915 bits per heavy atom. The zero-order valence-corrected chi connectivity index (χ0v) is 26.5. The van der Waals surface area contributed by atoms with Crippen LogP contribution in [0.25, 0.3) is 16.1 Å². The number of nitrogens with zero attached hydrogens (tertiary/aromatic N) is 3. The second-order valence-corrected chi connectivity index (χ2v) is 13.4. The number of pyridine rings is 1. The zero-order chi connectivity index (χ0) is 32.3. The van der Waals surface area contributed by atoms with Gasteiger partial charge in [0.25, 0.3) is 5.91 Å². The first kappa shape index (κ1) is 30.4. The van der Waals surface area contributed by atoms with Gasteiger partial charge in [-0.1, -0.05) is 91.0 Å². The second kappa shape index (κ2) is 13.2. The molecule has 1 saturated heterocycles. The molecule has 2 aliphatic heterocycles. The number of nitrogens with one attached hydrogen (secondary N) is 1. The zero-order valence-electron chi connectivity index (χ0n) is 24.9. The molecule has 3 aromatic carbocycles. The maximum atomic E-state index is 14.3. The Morgan fingerprint density at radius 2 is 1.53 bits per heavy atom. The number of fused-ring (bicyclic) bond motifs is 1. The summed E-state index contributed by atoms with van der Waals surface area (Å²) in [5.74, 6) is -1.71. The molecule has 0 saturated carbocycles. The lowest BCUT2D eigenvalue weighted by molar-refractivity contribution is -0.154. The van der Waals surface area contributed by atoms with Crippen LogP contribution in [0.15, 0.2) is 127 Å². The van der Waals surface area contributed by atoms with Gasteiger partial charge >= 0.3 is 5.97 Å². The number of aromatic nitrogens is 2. The lowest BCUT2D eigenvalue weighted by Crippen LogP contribution is -2.73. The highest BCUT2D eigenvalue weighted by Crippen LogP contribution is 2.41. The topological polar surface area (TPSA) is 119 Å². The molecule has 5 aromatic rings. The minimum absolute atomic E-state index is 0.0170. The van der Waals surface area contributed by atoms with Crippen LogP contribution in [-0.2, 0) is 36.3 Å². The highest BCUT2D eigenvalue weighted by Gasteiger charge is 2.58. The van der Waals surface area contributed by atoms with Crippen molar-refractivity contribution < 1.29 is 23.3 Å². The van der Waals surface area contributed by atoms with Gasteiger partial charge in [0, 0.05) is 28.9 Å². The Bertz CT molecular complexity index is 1950. The molecular formula is C36H28N4O5S2. The molecule has 0 bridgehead atoms. The van der Waals surface area contributed by atoms with E-state index in [1.807, 2.05) is 103 Å². The van der Waals surface area contributed by atoms with E-state index < -0.39 is 40.2 Å². The number of rotatable bonds is 9. The van der Waals surface area contributed by atoms with Crippen LogP contribution in [0.2, 0.25) is 0 Å². The fourth-order valence-corrected chi connectivity index (χ4v) is 8.27. The molecule has 2 aromatic heterocycles. The number of hydrogen-bond donors (Lipinski definition) is 1. The van der Waals surface area contributed by atoms with E-state index in [0.717, 1.165) is 22.3 Å². The number of carbonyl (C=O) groups is 3. The predicted octanol–water partition coefficient (Wildman–Crippen LogP) is 4.91. The smallest absolute Gasteiger partial charge is 0.356 e.